The average Bonchev–Trinajstić information content (AvgIpc) is 2.65. The van der Waals surface area contributed by atoms with E-state index in [4.69, 9.17) is 9.47 Å². The molecule has 0 spiro atoms. The molecule has 0 aliphatic heterocycles. The van der Waals surface area contributed by atoms with Crippen LogP contribution >= 0.6 is 0 Å². The van der Waals surface area contributed by atoms with E-state index in [2.05, 4.69) is 9.71 Å². The molecule has 0 radical (unpaired) electrons. The van der Waals surface area contributed by atoms with Gasteiger partial charge in [-0.3, -0.25) is 0 Å². The Morgan fingerprint density at radius 1 is 1.08 bits per heavy atom. The number of para-hydroxylation sites is 1. The van der Waals surface area contributed by atoms with E-state index >= 15 is 0 Å². The van der Waals surface area contributed by atoms with Gasteiger partial charge in [0.05, 0.1) is 7.11 Å². The lowest BCUT2D eigenvalue weighted by atomic mass is 9.94. The van der Waals surface area contributed by atoms with Gasteiger partial charge >= 0.3 is 0 Å². The summed E-state index contributed by atoms with van der Waals surface area (Å²) in [4.78, 5) is 4.43. The highest BCUT2D eigenvalue weighted by molar-refractivity contribution is 7.89. The maximum absolute atomic E-state index is 12.7. The minimum atomic E-state index is -3.61. The maximum atomic E-state index is 12.7. The lowest BCUT2D eigenvalue weighted by molar-refractivity contribution is 0.138. The Kier molecular flexibility index (Phi) is 5.78. The maximum Gasteiger partial charge on any atom is 0.244 e. The Balaban J connectivity index is 1.57. The largest absolute Gasteiger partial charge is 0.495 e. The molecule has 140 valence electrons. The first-order valence-electron chi connectivity index (χ1n) is 8.72. The van der Waals surface area contributed by atoms with Gasteiger partial charge < -0.3 is 9.47 Å². The van der Waals surface area contributed by atoms with Gasteiger partial charge in [-0.25, -0.2) is 18.1 Å². The fraction of sp³-hybridized carbons (Fsp3) is 0.421. The highest BCUT2D eigenvalue weighted by Crippen LogP contribution is 2.27. The van der Waals surface area contributed by atoms with E-state index < -0.39 is 10.0 Å². The van der Waals surface area contributed by atoms with Crippen LogP contribution in [0.25, 0.3) is 0 Å². The molecule has 0 amide bonds. The molecule has 0 bridgehead atoms. The number of aryl methyl sites for hydroxylation is 1. The number of methoxy groups -OCH3 is 1. The normalized spacial score (nSPS) is 20.5. The van der Waals surface area contributed by atoms with E-state index in [0.29, 0.717) is 11.6 Å². The van der Waals surface area contributed by atoms with Gasteiger partial charge in [0.1, 0.15) is 16.7 Å². The quantitative estimate of drug-likeness (QED) is 0.838. The molecule has 0 saturated heterocycles. The highest BCUT2D eigenvalue weighted by atomic mass is 32.2. The minimum absolute atomic E-state index is 0.0669. The molecule has 0 atom stereocenters. The second-order valence-corrected chi connectivity index (χ2v) is 8.22. The third-order valence-corrected chi connectivity index (χ3v) is 6.09. The number of aromatic nitrogens is 1. The number of benzene rings is 1. The first-order chi connectivity index (χ1) is 12.5. The Hall–Kier alpha value is -2.12. The summed E-state index contributed by atoms with van der Waals surface area (Å²) in [7, 11) is -2.14. The second kappa shape index (κ2) is 8.05. The lowest BCUT2D eigenvalue weighted by Gasteiger charge is -2.29. The first kappa shape index (κ1) is 18.7. The molecule has 3 rings (SSSR count). The number of rotatable bonds is 6. The van der Waals surface area contributed by atoms with Gasteiger partial charge in [-0.1, -0.05) is 18.2 Å². The van der Waals surface area contributed by atoms with Gasteiger partial charge in [0.15, 0.2) is 0 Å². The second-order valence-electron chi connectivity index (χ2n) is 6.54. The molecule has 26 heavy (non-hydrogen) atoms. The summed E-state index contributed by atoms with van der Waals surface area (Å²) < 4.78 is 39.2. The fourth-order valence-electron chi connectivity index (χ4n) is 3.12. The predicted octanol–water partition coefficient (Wildman–Crippen LogP) is 3.07. The Labute approximate surface area is 154 Å². The summed E-state index contributed by atoms with van der Waals surface area (Å²) in [5, 5.41) is 0. The molecule has 0 unspecified atom stereocenters. The van der Waals surface area contributed by atoms with Crippen LogP contribution < -0.4 is 14.2 Å². The van der Waals surface area contributed by atoms with Gasteiger partial charge in [0, 0.05) is 18.3 Å². The summed E-state index contributed by atoms with van der Waals surface area (Å²) in [5.74, 6) is 0.969. The molecule has 7 heteroatoms. The smallest absolute Gasteiger partial charge is 0.244 e. The molecule has 1 aromatic carbocycles. The fourth-order valence-corrected chi connectivity index (χ4v) is 4.59. The van der Waals surface area contributed by atoms with E-state index in [0.717, 1.165) is 31.2 Å². The van der Waals surface area contributed by atoms with E-state index in [-0.39, 0.29) is 17.0 Å². The highest BCUT2D eigenvalue weighted by Gasteiger charge is 2.28. The van der Waals surface area contributed by atoms with Crippen molar-refractivity contribution in [3.8, 4) is 11.6 Å². The molecule has 1 heterocycles. The van der Waals surface area contributed by atoms with Crippen LogP contribution in [0, 0.1) is 6.92 Å². The Bertz CT molecular complexity index is 829. The molecule has 1 aromatic heterocycles. The van der Waals surface area contributed by atoms with Crippen LogP contribution in [0.1, 0.15) is 31.2 Å². The van der Waals surface area contributed by atoms with Gasteiger partial charge in [0.2, 0.25) is 15.9 Å². The van der Waals surface area contributed by atoms with Gasteiger partial charge in [-0.15, -0.1) is 0 Å². The zero-order valence-corrected chi connectivity index (χ0v) is 15.8. The van der Waals surface area contributed by atoms with Crippen molar-refractivity contribution in [2.45, 2.75) is 49.6 Å². The summed E-state index contributed by atoms with van der Waals surface area (Å²) >= 11 is 0. The van der Waals surface area contributed by atoms with Crippen molar-refractivity contribution in [2.24, 2.45) is 0 Å². The van der Waals surface area contributed by atoms with Crippen molar-refractivity contribution in [3.63, 3.8) is 0 Å². The number of ether oxygens (including phenoxy) is 2. The molecule has 1 saturated carbocycles. The standard InChI is InChI=1S/C19H24N2O4S/c1-14-7-12-19(20-13-14)25-16-10-8-15(9-11-16)21-26(22,23)18-6-4-3-5-17(18)24-2/h3-7,12-13,15-16,21H,8-11H2,1-2H3. The van der Waals surface area contributed by atoms with Crippen LogP contribution in [0.5, 0.6) is 11.6 Å². The topological polar surface area (TPSA) is 77.5 Å². The molecule has 2 aromatic rings. The molecule has 6 nitrogen and oxygen atoms in total. The van der Waals surface area contributed by atoms with Gasteiger partial charge in [0.25, 0.3) is 0 Å². The van der Waals surface area contributed by atoms with Crippen molar-refractivity contribution in [1.29, 1.82) is 0 Å². The van der Waals surface area contributed by atoms with E-state index in [1.165, 1.54) is 7.11 Å². The number of hydrogen-bond donors (Lipinski definition) is 1. The number of sulfonamides is 1. The SMILES string of the molecule is COc1ccccc1S(=O)(=O)NC1CCC(Oc2ccc(C)cn2)CC1. The van der Waals surface area contributed by atoms with Crippen LogP contribution in [0.2, 0.25) is 0 Å². The van der Waals surface area contributed by atoms with Crippen molar-refractivity contribution in [2.75, 3.05) is 7.11 Å². The number of nitrogens with one attached hydrogen (secondary N) is 1. The number of hydrogen-bond acceptors (Lipinski definition) is 5. The van der Waals surface area contributed by atoms with E-state index in [1.54, 1.807) is 30.5 Å². The monoisotopic (exact) mass is 376 g/mol. The first-order valence-corrected chi connectivity index (χ1v) is 10.2. The summed E-state index contributed by atoms with van der Waals surface area (Å²) in [6.45, 7) is 1.98. The molecule has 1 N–H and O–H groups in total. The van der Waals surface area contributed by atoms with Crippen LogP contribution in [0.15, 0.2) is 47.5 Å². The van der Waals surface area contributed by atoms with Crippen LogP contribution in [0.3, 0.4) is 0 Å². The zero-order valence-electron chi connectivity index (χ0n) is 15.0. The van der Waals surface area contributed by atoms with Crippen molar-refractivity contribution in [3.05, 3.63) is 48.2 Å². The molecule has 1 aliphatic carbocycles. The summed E-state index contributed by atoms with van der Waals surface area (Å²) in [5.41, 5.74) is 1.09. The third-order valence-electron chi connectivity index (χ3n) is 4.53. The van der Waals surface area contributed by atoms with Gasteiger partial charge in [-0.2, -0.15) is 0 Å². The molecular formula is C19H24N2O4S. The number of nitrogens with zero attached hydrogens (tertiary/aromatic N) is 1. The minimum Gasteiger partial charge on any atom is -0.495 e. The van der Waals surface area contributed by atoms with Gasteiger partial charge in [-0.05, 0) is 50.3 Å². The predicted molar refractivity (Wildman–Crippen MR) is 99.0 cm³/mol. The summed E-state index contributed by atoms with van der Waals surface area (Å²) in [6.07, 6.45) is 4.87. The zero-order chi connectivity index (χ0) is 18.6. The third kappa shape index (κ3) is 4.53. The van der Waals surface area contributed by atoms with Crippen LogP contribution in [-0.2, 0) is 10.0 Å². The van der Waals surface area contributed by atoms with Crippen molar-refractivity contribution >= 4 is 10.0 Å². The van der Waals surface area contributed by atoms with Crippen molar-refractivity contribution < 1.29 is 17.9 Å². The van der Waals surface area contributed by atoms with Crippen LogP contribution in [-0.4, -0.2) is 32.7 Å². The van der Waals surface area contributed by atoms with Crippen molar-refractivity contribution in [1.82, 2.24) is 9.71 Å². The van der Waals surface area contributed by atoms with E-state index in [1.807, 2.05) is 19.1 Å². The average molecular weight is 376 g/mol. The molecule has 1 aliphatic rings. The Morgan fingerprint density at radius 2 is 1.81 bits per heavy atom. The molecule has 1 fully saturated rings. The number of pyridine rings is 1. The lowest BCUT2D eigenvalue weighted by Crippen LogP contribution is -2.39. The summed E-state index contributed by atoms with van der Waals surface area (Å²) in [6, 6.07) is 10.4. The molecular weight excluding hydrogens is 352 g/mol. The van der Waals surface area contributed by atoms with Crippen LogP contribution in [0.4, 0.5) is 0 Å². The Morgan fingerprint density at radius 3 is 2.46 bits per heavy atom. The van der Waals surface area contributed by atoms with E-state index in [9.17, 15) is 8.42 Å².